The number of ether oxygens (including phenoxy) is 7. The van der Waals surface area contributed by atoms with Gasteiger partial charge in [-0.2, -0.15) is 0 Å². The van der Waals surface area contributed by atoms with E-state index >= 15 is 0 Å². The van der Waals surface area contributed by atoms with Crippen molar-refractivity contribution in [1.29, 1.82) is 0 Å². The summed E-state index contributed by atoms with van der Waals surface area (Å²) in [7, 11) is 0. The van der Waals surface area contributed by atoms with E-state index in [4.69, 9.17) is 37.6 Å². The molecule has 6 aliphatic heterocycles. The second kappa shape index (κ2) is 8.90. The quantitative estimate of drug-likeness (QED) is 0.557. The van der Waals surface area contributed by atoms with Gasteiger partial charge in [0, 0.05) is 26.0 Å². The Morgan fingerprint density at radius 1 is 0.750 bits per heavy atom. The normalized spacial score (nSPS) is 36.9. The Kier molecular flexibility index (Phi) is 5.94. The smallest absolute Gasteiger partial charge is 0.343 e. The van der Waals surface area contributed by atoms with Crippen LogP contribution in [0.3, 0.4) is 0 Å². The summed E-state index contributed by atoms with van der Waals surface area (Å²) in [5.41, 5.74) is 2.92. The maximum Gasteiger partial charge on any atom is 0.343 e. The highest BCUT2D eigenvalue weighted by atomic mass is 16.9. The van der Waals surface area contributed by atoms with E-state index in [2.05, 4.69) is 31.2 Å². The lowest BCUT2D eigenvalue weighted by molar-refractivity contribution is -0.526. The molecule has 8 heteroatoms. The minimum atomic E-state index is -0.896. The van der Waals surface area contributed by atoms with E-state index in [0.717, 1.165) is 22.7 Å². The van der Waals surface area contributed by atoms with Gasteiger partial charge < -0.3 is 33.2 Å². The molecular formula is C28H33O8+. The van der Waals surface area contributed by atoms with Crippen LogP contribution in [0.2, 0.25) is 0 Å². The zero-order chi connectivity index (χ0) is 24.9. The van der Waals surface area contributed by atoms with E-state index in [1.807, 2.05) is 24.3 Å². The van der Waals surface area contributed by atoms with Gasteiger partial charge in [0.05, 0.1) is 45.1 Å². The van der Waals surface area contributed by atoms with Crippen molar-refractivity contribution in [2.75, 3.05) is 52.9 Å². The molecule has 0 unspecified atom stereocenters. The van der Waals surface area contributed by atoms with Crippen LogP contribution in [0.4, 0.5) is 0 Å². The van der Waals surface area contributed by atoms with E-state index in [1.54, 1.807) is 13.8 Å². The Morgan fingerprint density at radius 3 is 1.78 bits per heavy atom. The largest absolute Gasteiger partial charge is 0.493 e. The minimum absolute atomic E-state index is 0.260. The third-order valence-corrected chi connectivity index (χ3v) is 7.51. The number of fused-ring (bicyclic) bond motifs is 6. The summed E-state index contributed by atoms with van der Waals surface area (Å²) >= 11 is 0. The van der Waals surface area contributed by atoms with Gasteiger partial charge in [-0.1, -0.05) is 12.1 Å². The summed E-state index contributed by atoms with van der Waals surface area (Å²) < 4.78 is 46.2. The molecule has 1 aromatic carbocycles. The van der Waals surface area contributed by atoms with Gasteiger partial charge in [-0.3, -0.25) is 4.42 Å². The molecule has 0 saturated carbocycles. The second-order valence-electron chi connectivity index (χ2n) is 10.7. The van der Waals surface area contributed by atoms with E-state index in [9.17, 15) is 0 Å². The average molecular weight is 498 g/mol. The SMILES string of the molecule is CC(=C1C=CC(=[O+]CC23COC(C)(OC2)OC3)C=C1)c1ccc(OCC23COC(C)(OC2)OC3)cc1. The van der Waals surface area contributed by atoms with Crippen molar-refractivity contribution in [1.82, 2.24) is 0 Å². The summed E-state index contributed by atoms with van der Waals surface area (Å²) in [5, 5.41) is 0. The molecule has 7 aliphatic rings. The van der Waals surface area contributed by atoms with E-state index in [-0.39, 0.29) is 10.8 Å². The van der Waals surface area contributed by atoms with Gasteiger partial charge in [-0.25, -0.2) is 0 Å². The zero-order valence-corrected chi connectivity index (χ0v) is 21.0. The summed E-state index contributed by atoms with van der Waals surface area (Å²) in [6.45, 7) is 10.1. The first-order valence-electron chi connectivity index (χ1n) is 12.4. The monoisotopic (exact) mass is 497 g/mol. The summed E-state index contributed by atoms with van der Waals surface area (Å²) in [4.78, 5) is 0. The van der Waals surface area contributed by atoms with E-state index in [1.165, 1.54) is 5.57 Å². The highest BCUT2D eigenvalue weighted by molar-refractivity contribution is 6.02. The van der Waals surface area contributed by atoms with Crippen molar-refractivity contribution in [3.8, 4) is 5.75 Å². The number of carbonyl (C=O) groups excluding carboxylic acids is 1. The van der Waals surface area contributed by atoms with Crippen molar-refractivity contribution in [3.63, 3.8) is 0 Å². The van der Waals surface area contributed by atoms with Crippen molar-refractivity contribution >= 4 is 11.4 Å². The Hall–Kier alpha value is -2.33. The molecule has 1 aromatic rings. The maximum atomic E-state index is 6.06. The Balaban J connectivity index is 1.05. The van der Waals surface area contributed by atoms with Crippen LogP contribution < -0.4 is 4.74 Å². The fourth-order valence-corrected chi connectivity index (χ4v) is 4.70. The lowest BCUT2D eigenvalue weighted by atomic mass is 9.90. The first-order chi connectivity index (χ1) is 17.3. The highest BCUT2D eigenvalue weighted by Crippen LogP contribution is 2.39. The molecule has 8 nitrogen and oxygen atoms in total. The predicted molar refractivity (Wildman–Crippen MR) is 130 cm³/mol. The van der Waals surface area contributed by atoms with Gasteiger partial charge in [0.1, 0.15) is 17.8 Å². The predicted octanol–water partition coefficient (Wildman–Crippen LogP) is 3.54. The van der Waals surface area contributed by atoms with Gasteiger partial charge in [-0.15, -0.1) is 0 Å². The van der Waals surface area contributed by atoms with Crippen LogP contribution in [0.25, 0.3) is 5.57 Å². The summed E-state index contributed by atoms with van der Waals surface area (Å²) in [5.74, 6) is -0.170. The topological polar surface area (TPSA) is 75.9 Å². The maximum absolute atomic E-state index is 6.06. The number of hydrogen-bond acceptors (Lipinski definition) is 7. The van der Waals surface area contributed by atoms with Gasteiger partial charge >= 0.3 is 5.78 Å². The molecule has 0 atom stereocenters. The standard InChI is InChI=1S/C28H33O8/c1-20(21-4-8-23(9-5-21)29-12-27-14-31-25(2,32-15-27)33-16-27)22-6-10-24(11-7-22)30-13-28-17-34-26(3,35-18-28)36-19-28/h4-11H,12-19H2,1-3H3/q+1. The van der Waals surface area contributed by atoms with Crippen molar-refractivity contribution in [2.45, 2.75) is 32.7 Å². The molecule has 8 rings (SSSR count). The molecule has 6 fully saturated rings. The van der Waals surface area contributed by atoms with Crippen molar-refractivity contribution in [2.24, 2.45) is 10.8 Å². The highest BCUT2D eigenvalue weighted by Gasteiger charge is 2.53. The number of benzene rings is 1. The molecule has 0 radical (unpaired) electrons. The molecule has 1 aliphatic carbocycles. The number of allylic oxidation sites excluding steroid dienone is 6. The Bertz CT molecular complexity index is 1060. The zero-order valence-electron chi connectivity index (χ0n) is 21.0. The van der Waals surface area contributed by atoms with Crippen LogP contribution in [-0.2, 0) is 32.8 Å². The first kappa shape index (κ1) is 24.0. The van der Waals surface area contributed by atoms with E-state index < -0.39 is 11.9 Å². The molecule has 0 amide bonds. The fraction of sp³-hybridized carbons (Fsp3) is 0.536. The van der Waals surface area contributed by atoms with Crippen LogP contribution in [-0.4, -0.2) is 70.6 Å². The van der Waals surface area contributed by atoms with Crippen LogP contribution in [0.5, 0.6) is 5.75 Å². The van der Waals surface area contributed by atoms with Gasteiger partial charge in [0.15, 0.2) is 0 Å². The van der Waals surface area contributed by atoms with Crippen molar-refractivity contribution in [3.05, 3.63) is 59.7 Å². The lowest BCUT2D eigenvalue weighted by Gasteiger charge is -2.49. The molecule has 192 valence electrons. The minimum Gasteiger partial charge on any atom is -0.493 e. The number of hydrogen-bond donors (Lipinski definition) is 0. The van der Waals surface area contributed by atoms with E-state index in [0.29, 0.717) is 52.9 Å². The molecule has 0 N–H and O–H groups in total. The Morgan fingerprint density at radius 2 is 1.25 bits per heavy atom. The molecular weight excluding hydrogens is 464 g/mol. The van der Waals surface area contributed by atoms with Crippen LogP contribution >= 0.6 is 0 Å². The number of rotatable bonds is 6. The Labute approximate surface area is 211 Å². The third kappa shape index (κ3) is 4.69. The molecule has 4 bridgehead atoms. The van der Waals surface area contributed by atoms with Crippen LogP contribution in [0.1, 0.15) is 26.3 Å². The summed E-state index contributed by atoms with van der Waals surface area (Å²) in [6.07, 6.45) is 8.15. The van der Waals surface area contributed by atoms with Gasteiger partial charge in [0.2, 0.25) is 0 Å². The molecule has 6 saturated heterocycles. The van der Waals surface area contributed by atoms with Gasteiger partial charge in [0.25, 0.3) is 18.6 Å². The molecule has 0 spiro atoms. The van der Waals surface area contributed by atoms with Crippen LogP contribution in [0, 0.1) is 10.8 Å². The molecule has 36 heavy (non-hydrogen) atoms. The fourth-order valence-electron chi connectivity index (χ4n) is 4.70. The number of ketones is 1. The third-order valence-electron chi connectivity index (χ3n) is 7.51. The molecule has 6 heterocycles. The molecule has 0 aromatic heterocycles. The summed E-state index contributed by atoms with van der Waals surface area (Å²) in [6, 6.07) is 8.15. The first-order valence-corrected chi connectivity index (χ1v) is 12.4. The van der Waals surface area contributed by atoms with Crippen LogP contribution in [0.15, 0.2) is 54.1 Å². The second-order valence-corrected chi connectivity index (χ2v) is 10.7. The lowest BCUT2D eigenvalue weighted by Crippen LogP contribution is -2.60. The van der Waals surface area contributed by atoms with Gasteiger partial charge in [-0.05, 0) is 47.9 Å². The average Bonchev–Trinajstić information content (AvgIpc) is 2.93. The van der Waals surface area contributed by atoms with Crippen molar-refractivity contribution < 1.29 is 37.6 Å².